The monoisotopic (exact) mass is 277 g/mol. The van der Waals surface area contributed by atoms with Crippen molar-refractivity contribution in [1.82, 2.24) is 4.57 Å². The molecule has 1 aliphatic rings. The molecule has 0 bridgehead atoms. The van der Waals surface area contributed by atoms with Gasteiger partial charge in [0.05, 0.1) is 6.10 Å². The summed E-state index contributed by atoms with van der Waals surface area (Å²) in [6.45, 7) is 11.4. The Kier molecular flexibility index (Phi) is 4.63. The first-order chi connectivity index (χ1) is 9.30. The van der Waals surface area contributed by atoms with Crippen molar-refractivity contribution in [2.75, 3.05) is 0 Å². The highest BCUT2D eigenvalue weighted by Gasteiger charge is 2.33. The minimum Gasteiger partial charge on any atom is -0.388 e. The van der Waals surface area contributed by atoms with E-state index in [2.05, 4.69) is 51.4 Å². The van der Waals surface area contributed by atoms with Crippen LogP contribution in [0.15, 0.2) is 12.3 Å². The summed E-state index contributed by atoms with van der Waals surface area (Å²) in [6, 6.07) is 2.67. The Hall–Kier alpha value is -0.760. The fourth-order valence-corrected chi connectivity index (χ4v) is 3.52. The van der Waals surface area contributed by atoms with E-state index in [4.69, 9.17) is 0 Å². The van der Waals surface area contributed by atoms with E-state index in [0.29, 0.717) is 6.04 Å². The van der Waals surface area contributed by atoms with E-state index in [-0.39, 0.29) is 11.5 Å². The number of hydrogen-bond acceptors (Lipinski definition) is 1. The van der Waals surface area contributed by atoms with E-state index in [1.165, 1.54) is 30.5 Å². The number of aliphatic hydroxyl groups excluding tert-OH is 1. The third-order valence-electron chi connectivity index (χ3n) is 4.69. The Morgan fingerprint density at radius 1 is 1.30 bits per heavy atom. The lowest BCUT2D eigenvalue weighted by Crippen LogP contribution is -2.27. The molecule has 1 aromatic rings. The van der Waals surface area contributed by atoms with Crippen molar-refractivity contribution in [2.24, 2.45) is 11.3 Å². The molecule has 1 aromatic heterocycles. The third kappa shape index (κ3) is 3.46. The predicted octanol–water partition coefficient (Wildman–Crippen LogP) is 4.88. The minimum atomic E-state index is -0.280. The molecule has 1 N–H and O–H groups in total. The molecule has 1 aliphatic carbocycles. The number of aromatic nitrogens is 1. The lowest BCUT2D eigenvalue weighted by molar-refractivity contribution is 0.0974. The first kappa shape index (κ1) is 15.6. The van der Waals surface area contributed by atoms with E-state index >= 15 is 0 Å². The van der Waals surface area contributed by atoms with Crippen molar-refractivity contribution in [2.45, 2.75) is 78.9 Å². The molecule has 0 radical (unpaired) electrons. The lowest BCUT2D eigenvalue weighted by Gasteiger charge is -2.34. The summed E-state index contributed by atoms with van der Waals surface area (Å²) in [5.74, 6) is 0.793. The van der Waals surface area contributed by atoms with E-state index < -0.39 is 0 Å². The number of hydrogen-bond donors (Lipinski definition) is 1. The molecule has 0 saturated carbocycles. The second-order valence-corrected chi connectivity index (χ2v) is 7.86. The number of fused-ring (bicyclic) bond motifs is 1. The van der Waals surface area contributed by atoms with Crippen molar-refractivity contribution in [1.29, 1.82) is 0 Å². The first-order valence-corrected chi connectivity index (χ1v) is 8.18. The van der Waals surface area contributed by atoms with E-state index in [1.54, 1.807) is 0 Å². The zero-order valence-corrected chi connectivity index (χ0v) is 13.8. The molecule has 0 fully saturated rings. The molecule has 2 unspecified atom stereocenters. The maximum absolute atomic E-state index is 10.3. The molecular weight excluding hydrogens is 246 g/mol. The second-order valence-electron chi connectivity index (χ2n) is 7.86. The van der Waals surface area contributed by atoms with Crippen molar-refractivity contribution >= 4 is 0 Å². The van der Waals surface area contributed by atoms with Crippen LogP contribution < -0.4 is 0 Å². The van der Waals surface area contributed by atoms with Gasteiger partial charge in [0.2, 0.25) is 0 Å². The van der Waals surface area contributed by atoms with Crippen molar-refractivity contribution in [3.05, 3.63) is 23.5 Å². The molecule has 2 atom stereocenters. The zero-order chi connectivity index (χ0) is 14.9. The van der Waals surface area contributed by atoms with E-state index in [9.17, 15) is 5.11 Å². The summed E-state index contributed by atoms with van der Waals surface area (Å²) >= 11 is 0. The number of aliphatic hydroxyl groups is 1. The smallest absolute Gasteiger partial charge is 0.0812 e. The average Bonchev–Trinajstić information content (AvgIpc) is 2.70. The number of rotatable bonds is 5. The van der Waals surface area contributed by atoms with Crippen molar-refractivity contribution in [3.63, 3.8) is 0 Å². The molecule has 2 rings (SSSR count). The van der Waals surface area contributed by atoms with Gasteiger partial charge in [0.1, 0.15) is 0 Å². The Labute approximate surface area is 124 Å². The first-order valence-electron chi connectivity index (χ1n) is 8.18. The molecule has 0 amide bonds. The van der Waals surface area contributed by atoms with E-state index in [1.807, 2.05) is 0 Å². The molecule has 2 heteroatoms. The van der Waals surface area contributed by atoms with Gasteiger partial charge in [0.25, 0.3) is 0 Å². The van der Waals surface area contributed by atoms with Crippen LogP contribution >= 0.6 is 0 Å². The average molecular weight is 277 g/mol. The maximum atomic E-state index is 10.3. The highest BCUT2D eigenvalue weighted by atomic mass is 16.3. The third-order valence-corrected chi connectivity index (χ3v) is 4.69. The van der Waals surface area contributed by atoms with Crippen LogP contribution in [0, 0.1) is 11.3 Å². The highest BCUT2D eigenvalue weighted by Crippen LogP contribution is 2.42. The highest BCUT2D eigenvalue weighted by molar-refractivity contribution is 5.29. The van der Waals surface area contributed by atoms with Gasteiger partial charge in [-0.1, -0.05) is 40.5 Å². The van der Waals surface area contributed by atoms with Gasteiger partial charge in [0.15, 0.2) is 0 Å². The lowest BCUT2D eigenvalue weighted by atomic mass is 9.75. The normalized spacial score (nSPS) is 22.9. The van der Waals surface area contributed by atoms with Gasteiger partial charge in [-0.15, -0.1) is 0 Å². The van der Waals surface area contributed by atoms with Crippen molar-refractivity contribution in [3.8, 4) is 0 Å². The SMILES string of the molecule is CC(C)CCCC(C)n1ccc2c1CC(C)(C)CC2O. The molecular formula is C18H31NO. The molecule has 2 nitrogen and oxygen atoms in total. The second kappa shape index (κ2) is 5.93. The van der Waals surface area contributed by atoms with Crippen LogP contribution in [0.1, 0.15) is 83.7 Å². The summed E-state index contributed by atoms with van der Waals surface area (Å²) < 4.78 is 2.42. The van der Waals surface area contributed by atoms with Gasteiger partial charge >= 0.3 is 0 Å². The minimum absolute atomic E-state index is 0.209. The van der Waals surface area contributed by atoms with Gasteiger partial charge in [-0.3, -0.25) is 0 Å². The van der Waals surface area contributed by atoms with Gasteiger partial charge in [-0.05, 0) is 43.6 Å². The summed E-state index contributed by atoms with van der Waals surface area (Å²) in [6.07, 6.45) is 7.70. The molecule has 0 aromatic carbocycles. The van der Waals surface area contributed by atoms with Crippen LogP contribution in [0.25, 0.3) is 0 Å². The summed E-state index contributed by atoms with van der Waals surface area (Å²) in [5, 5.41) is 10.3. The van der Waals surface area contributed by atoms with Crippen LogP contribution in [0.4, 0.5) is 0 Å². The van der Waals surface area contributed by atoms with Crippen LogP contribution in [-0.2, 0) is 6.42 Å². The Morgan fingerprint density at radius 2 is 2.00 bits per heavy atom. The maximum Gasteiger partial charge on any atom is 0.0812 e. The predicted molar refractivity (Wildman–Crippen MR) is 84.9 cm³/mol. The van der Waals surface area contributed by atoms with Crippen LogP contribution in [-0.4, -0.2) is 9.67 Å². The van der Waals surface area contributed by atoms with E-state index in [0.717, 1.165) is 18.8 Å². The molecule has 1 heterocycles. The standard InChI is InChI=1S/C18H31NO/c1-13(2)7-6-8-14(3)19-10-9-15-16(19)11-18(4,5)12-17(15)20/h9-10,13-14,17,20H,6-8,11-12H2,1-5H3. The van der Waals surface area contributed by atoms with Gasteiger partial charge in [0, 0.05) is 23.5 Å². The number of nitrogens with zero attached hydrogens (tertiary/aromatic N) is 1. The van der Waals surface area contributed by atoms with Crippen LogP contribution in [0.5, 0.6) is 0 Å². The van der Waals surface area contributed by atoms with Crippen molar-refractivity contribution < 1.29 is 5.11 Å². The molecule has 20 heavy (non-hydrogen) atoms. The molecule has 0 spiro atoms. The van der Waals surface area contributed by atoms with Crippen LogP contribution in [0.2, 0.25) is 0 Å². The van der Waals surface area contributed by atoms with Crippen LogP contribution in [0.3, 0.4) is 0 Å². The zero-order valence-electron chi connectivity index (χ0n) is 13.8. The topological polar surface area (TPSA) is 25.2 Å². The largest absolute Gasteiger partial charge is 0.388 e. The summed E-state index contributed by atoms with van der Waals surface area (Å²) in [4.78, 5) is 0. The molecule has 0 saturated heterocycles. The Bertz CT molecular complexity index is 444. The van der Waals surface area contributed by atoms with Gasteiger partial charge < -0.3 is 9.67 Å². The quantitative estimate of drug-likeness (QED) is 0.815. The molecule has 114 valence electrons. The summed E-state index contributed by atoms with van der Waals surface area (Å²) in [7, 11) is 0. The van der Waals surface area contributed by atoms with Gasteiger partial charge in [-0.25, -0.2) is 0 Å². The fraction of sp³-hybridized carbons (Fsp3) is 0.778. The fourth-order valence-electron chi connectivity index (χ4n) is 3.52. The Morgan fingerprint density at radius 3 is 2.65 bits per heavy atom. The summed E-state index contributed by atoms with van der Waals surface area (Å²) in [5.41, 5.74) is 2.74. The Balaban J connectivity index is 2.10. The van der Waals surface area contributed by atoms with Gasteiger partial charge in [-0.2, -0.15) is 0 Å². The molecule has 0 aliphatic heterocycles.